The molecule has 162 valence electrons. The number of rotatable bonds is 7. The van der Waals surface area contributed by atoms with E-state index in [2.05, 4.69) is 22.5 Å². The molecule has 1 aromatic heterocycles. The molecule has 6 nitrogen and oxygen atoms in total. The molecule has 0 fully saturated rings. The molecular formula is C26H26N4O2. The first-order chi connectivity index (χ1) is 15.5. The van der Waals surface area contributed by atoms with Crippen LogP contribution < -0.4 is 10.6 Å². The van der Waals surface area contributed by atoms with E-state index in [1.807, 2.05) is 72.2 Å². The zero-order chi connectivity index (χ0) is 22.5. The summed E-state index contributed by atoms with van der Waals surface area (Å²) < 4.78 is 1.85. The van der Waals surface area contributed by atoms with Gasteiger partial charge in [-0.1, -0.05) is 48.9 Å². The van der Waals surface area contributed by atoms with Crippen LogP contribution in [0, 0.1) is 6.92 Å². The summed E-state index contributed by atoms with van der Waals surface area (Å²) in [5, 5.41) is 5.86. The molecule has 0 spiro atoms. The van der Waals surface area contributed by atoms with E-state index in [4.69, 9.17) is 0 Å². The minimum atomic E-state index is -0.177. The fourth-order valence-corrected chi connectivity index (χ4v) is 3.57. The van der Waals surface area contributed by atoms with Gasteiger partial charge in [0.1, 0.15) is 12.4 Å². The summed E-state index contributed by atoms with van der Waals surface area (Å²) in [6, 6.07) is 22.9. The van der Waals surface area contributed by atoms with Gasteiger partial charge in [-0.15, -0.1) is 0 Å². The Hall–Kier alpha value is -3.93. The largest absolute Gasteiger partial charge is 0.345 e. The predicted octanol–water partition coefficient (Wildman–Crippen LogP) is 4.48. The molecule has 6 heteroatoms. The number of aromatic nitrogens is 2. The van der Waals surface area contributed by atoms with Gasteiger partial charge >= 0.3 is 0 Å². The summed E-state index contributed by atoms with van der Waals surface area (Å²) in [4.78, 5) is 30.0. The molecule has 1 heterocycles. The molecule has 0 aliphatic rings. The highest BCUT2D eigenvalue weighted by Crippen LogP contribution is 2.17. The fourth-order valence-electron chi connectivity index (χ4n) is 3.57. The third-order valence-corrected chi connectivity index (χ3v) is 5.40. The lowest BCUT2D eigenvalue weighted by molar-refractivity contribution is -0.116. The molecule has 0 unspecified atom stereocenters. The minimum absolute atomic E-state index is 0.103. The molecule has 0 saturated carbocycles. The van der Waals surface area contributed by atoms with Crippen LogP contribution in [-0.4, -0.2) is 21.4 Å². The Bertz CT molecular complexity index is 1240. The van der Waals surface area contributed by atoms with E-state index in [1.54, 1.807) is 12.1 Å². The van der Waals surface area contributed by atoms with Gasteiger partial charge in [0.25, 0.3) is 5.91 Å². The van der Waals surface area contributed by atoms with Crippen molar-refractivity contribution in [1.29, 1.82) is 0 Å². The van der Waals surface area contributed by atoms with Crippen molar-refractivity contribution >= 4 is 28.5 Å². The number of nitrogens with one attached hydrogen (secondary N) is 2. The number of benzene rings is 3. The van der Waals surface area contributed by atoms with Crippen molar-refractivity contribution in [1.82, 2.24) is 14.9 Å². The first kappa shape index (κ1) is 21.3. The monoisotopic (exact) mass is 426 g/mol. The molecule has 2 N–H and O–H groups in total. The number of anilines is 1. The molecule has 0 aliphatic heterocycles. The predicted molar refractivity (Wildman–Crippen MR) is 127 cm³/mol. The number of imidazole rings is 1. The van der Waals surface area contributed by atoms with Crippen LogP contribution in [0.4, 0.5) is 5.69 Å². The number of hydrogen-bond donors (Lipinski definition) is 2. The van der Waals surface area contributed by atoms with Crippen LogP contribution in [0.1, 0.15) is 34.2 Å². The van der Waals surface area contributed by atoms with Gasteiger partial charge in [0.2, 0.25) is 5.91 Å². The third-order valence-electron chi connectivity index (χ3n) is 5.40. The van der Waals surface area contributed by atoms with Crippen LogP contribution in [-0.2, 0) is 24.3 Å². The topological polar surface area (TPSA) is 76.0 Å². The van der Waals surface area contributed by atoms with Gasteiger partial charge in [-0.3, -0.25) is 9.59 Å². The number of hydrogen-bond acceptors (Lipinski definition) is 3. The minimum Gasteiger partial charge on any atom is -0.345 e. The SMILES string of the molecule is CCc1ccc(NC(=O)Cn2c(CNC(=O)c3ccc(C)cc3)nc3ccccc32)cc1. The van der Waals surface area contributed by atoms with Gasteiger partial charge in [-0.25, -0.2) is 4.98 Å². The number of carbonyl (C=O) groups excluding carboxylic acids is 2. The average Bonchev–Trinajstić information content (AvgIpc) is 3.15. The van der Waals surface area contributed by atoms with Crippen LogP contribution >= 0.6 is 0 Å². The fraction of sp³-hybridized carbons (Fsp3) is 0.192. The molecule has 0 aliphatic carbocycles. The molecular weight excluding hydrogens is 400 g/mol. The van der Waals surface area contributed by atoms with E-state index in [0.717, 1.165) is 28.7 Å². The lowest BCUT2D eigenvalue weighted by atomic mass is 10.1. The summed E-state index contributed by atoms with van der Waals surface area (Å²) in [7, 11) is 0. The van der Waals surface area contributed by atoms with Crippen LogP contribution in [0.15, 0.2) is 72.8 Å². The zero-order valence-corrected chi connectivity index (χ0v) is 18.3. The van der Waals surface area contributed by atoms with Crippen molar-refractivity contribution in [2.75, 3.05) is 5.32 Å². The highest BCUT2D eigenvalue weighted by atomic mass is 16.2. The van der Waals surface area contributed by atoms with Gasteiger partial charge in [-0.2, -0.15) is 0 Å². The van der Waals surface area contributed by atoms with Crippen molar-refractivity contribution in [2.24, 2.45) is 0 Å². The Labute approximate surface area is 187 Å². The maximum atomic E-state index is 12.8. The number of nitrogens with zero attached hydrogens (tertiary/aromatic N) is 2. The Morgan fingerprint density at radius 2 is 1.66 bits per heavy atom. The van der Waals surface area contributed by atoms with Gasteiger partial charge in [0, 0.05) is 11.3 Å². The third kappa shape index (κ3) is 4.86. The zero-order valence-electron chi connectivity index (χ0n) is 18.3. The standard InChI is InChI=1S/C26H26N4O2/c1-3-19-10-14-21(15-11-19)28-25(31)17-30-23-7-5-4-6-22(23)29-24(30)16-27-26(32)20-12-8-18(2)9-13-20/h4-15H,3,16-17H2,1-2H3,(H,27,32)(H,28,31). The van der Waals surface area contributed by atoms with Crippen molar-refractivity contribution in [3.05, 3.63) is 95.3 Å². The molecule has 3 aromatic carbocycles. The van der Waals surface area contributed by atoms with Crippen molar-refractivity contribution in [2.45, 2.75) is 33.4 Å². The van der Waals surface area contributed by atoms with Crippen molar-refractivity contribution < 1.29 is 9.59 Å². The number of fused-ring (bicyclic) bond motifs is 1. The second kappa shape index (κ2) is 9.47. The summed E-state index contributed by atoms with van der Waals surface area (Å²) in [5.41, 5.74) is 5.29. The Morgan fingerprint density at radius 3 is 2.38 bits per heavy atom. The second-order valence-corrected chi connectivity index (χ2v) is 7.75. The molecule has 0 bridgehead atoms. The van der Waals surface area contributed by atoms with E-state index in [-0.39, 0.29) is 24.9 Å². The quantitative estimate of drug-likeness (QED) is 0.458. The average molecular weight is 427 g/mol. The van der Waals surface area contributed by atoms with E-state index in [9.17, 15) is 9.59 Å². The summed E-state index contributed by atoms with van der Waals surface area (Å²) in [5.74, 6) is 0.302. The van der Waals surface area contributed by atoms with Gasteiger partial charge in [0.15, 0.2) is 0 Å². The molecule has 2 amide bonds. The van der Waals surface area contributed by atoms with Crippen LogP contribution in [0.25, 0.3) is 11.0 Å². The maximum absolute atomic E-state index is 12.8. The Kier molecular flexibility index (Phi) is 6.31. The normalized spacial score (nSPS) is 10.8. The van der Waals surface area contributed by atoms with Gasteiger partial charge in [0.05, 0.1) is 17.6 Å². The van der Waals surface area contributed by atoms with E-state index in [1.165, 1.54) is 5.56 Å². The summed E-state index contributed by atoms with van der Waals surface area (Å²) >= 11 is 0. The van der Waals surface area contributed by atoms with E-state index < -0.39 is 0 Å². The number of carbonyl (C=O) groups is 2. The number of aryl methyl sites for hydroxylation is 2. The molecule has 4 aromatic rings. The van der Waals surface area contributed by atoms with Gasteiger partial charge < -0.3 is 15.2 Å². The van der Waals surface area contributed by atoms with Crippen LogP contribution in [0.2, 0.25) is 0 Å². The Morgan fingerprint density at radius 1 is 0.938 bits per heavy atom. The first-order valence-corrected chi connectivity index (χ1v) is 10.7. The maximum Gasteiger partial charge on any atom is 0.251 e. The number of amides is 2. The highest BCUT2D eigenvalue weighted by molar-refractivity contribution is 5.94. The van der Waals surface area contributed by atoms with Crippen LogP contribution in [0.5, 0.6) is 0 Å². The Balaban J connectivity index is 1.51. The summed E-state index contributed by atoms with van der Waals surface area (Å²) in [6.45, 7) is 4.40. The first-order valence-electron chi connectivity index (χ1n) is 10.7. The van der Waals surface area contributed by atoms with E-state index >= 15 is 0 Å². The van der Waals surface area contributed by atoms with Crippen molar-refractivity contribution in [3.63, 3.8) is 0 Å². The molecule has 0 saturated heterocycles. The molecule has 4 rings (SSSR count). The highest BCUT2D eigenvalue weighted by Gasteiger charge is 2.15. The molecule has 0 radical (unpaired) electrons. The molecule has 0 atom stereocenters. The van der Waals surface area contributed by atoms with Crippen molar-refractivity contribution in [3.8, 4) is 0 Å². The lowest BCUT2D eigenvalue weighted by Gasteiger charge is -2.11. The smallest absolute Gasteiger partial charge is 0.251 e. The van der Waals surface area contributed by atoms with E-state index in [0.29, 0.717) is 11.4 Å². The van der Waals surface area contributed by atoms with Gasteiger partial charge in [-0.05, 0) is 55.3 Å². The lowest BCUT2D eigenvalue weighted by Crippen LogP contribution is -2.26. The number of para-hydroxylation sites is 2. The molecule has 32 heavy (non-hydrogen) atoms. The van der Waals surface area contributed by atoms with Crippen LogP contribution in [0.3, 0.4) is 0 Å². The second-order valence-electron chi connectivity index (χ2n) is 7.75. The summed E-state index contributed by atoms with van der Waals surface area (Å²) in [6.07, 6.45) is 0.951.